The molecule has 0 saturated carbocycles. The van der Waals surface area contributed by atoms with Gasteiger partial charge in [0.15, 0.2) is 0 Å². The molecule has 0 radical (unpaired) electrons. The normalized spacial score (nSPS) is 10.6. The van der Waals surface area contributed by atoms with E-state index in [1.54, 1.807) is 12.6 Å². The van der Waals surface area contributed by atoms with Crippen LogP contribution in [0.5, 0.6) is 5.75 Å². The first-order valence-electron chi connectivity index (χ1n) is 8.63. The molecular formula is C22H19N3OS. The van der Waals surface area contributed by atoms with E-state index in [0.717, 1.165) is 22.7 Å². The van der Waals surface area contributed by atoms with Crippen LogP contribution in [0.3, 0.4) is 0 Å². The molecule has 5 heteroatoms. The van der Waals surface area contributed by atoms with Gasteiger partial charge in [-0.1, -0.05) is 48.5 Å². The number of hydrogen-bond donors (Lipinski definition) is 0. The Morgan fingerprint density at radius 3 is 2.41 bits per heavy atom. The summed E-state index contributed by atoms with van der Waals surface area (Å²) >= 11 is 1.33. The molecule has 0 aliphatic rings. The van der Waals surface area contributed by atoms with Crippen LogP contribution in [0.15, 0.2) is 78.3 Å². The Balaban J connectivity index is 1.90. The van der Waals surface area contributed by atoms with Crippen LogP contribution in [0.2, 0.25) is 0 Å². The number of benzene rings is 3. The molecule has 0 saturated heterocycles. The molecule has 0 atom stereocenters. The quantitative estimate of drug-likeness (QED) is 0.430. The summed E-state index contributed by atoms with van der Waals surface area (Å²) in [5.41, 5.74) is 7.14. The van der Waals surface area contributed by atoms with Gasteiger partial charge in [0.05, 0.1) is 18.5 Å². The van der Waals surface area contributed by atoms with Crippen molar-refractivity contribution >= 4 is 28.9 Å². The van der Waals surface area contributed by atoms with E-state index in [1.165, 1.54) is 22.7 Å². The molecule has 0 aliphatic carbocycles. The first-order valence-corrected chi connectivity index (χ1v) is 9.46. The van der Waals surface area contributed by atoms with Crippen LogP contribution in [0.4, 0.5) is 17.3 Å². The average Bonchev–Trinajstić information content (AvgIpc) is 3.23. The van der Waals surface area contributed by atoms with Gasteiger partial charge in [-0.2, -0.15) is 4.37 Å². The maximum Gasteiger partial charge on any atom is 0.246 e. The minimum absolute atomic E-state index is 0.633. The van der Waals surface area contributed by atoms with Gasteiger partial charge in [-0.3, -0.25) is 4.90 Å². The predicted octanol–water partition coefficient (Wildman–Crippen LogP) is 5.99. The molecule has 0 amide bonds. The van der Waals surface area contributed by atoms with Crippen LogP contribution < -0.4 is 9.64 Å². The summed E-state index contributed by atoms with van der Waals surface area (Å²) < 4.78 is 10.1. The van der Waals surface area contributed by atoms with E-state index in [9.17, 15) is 0 Å². The lowest BCUT2D eigenvalue weighted by Crippen LogP contribution is -2.13. The summed E-state index contributed by atoms with van der Waals surface area (Å²) in [5.74, 6) is 1.41. The number of nitrogens with zero attached hydrogens (tertiary/aromatic N) is 3. The summed E-state index contributed by atoms with van der Waals surface area (Å²) in [6.07, 6.45) is 0. The van der Waals surface area contributed by atoms with E-state index in [4.69, 9.17) is 4.74 Å². The highest BCUT2D eigenvalue weighted by atomic mass is 32.1. The van der Waals surface area contributed by atoms with Crippen LogP contribution in [0.1, 0.15) is 5.56 Å². The van der Waals surface area contributed by atoms with E-state index in [0.29, 0.717) is 5.95 Å². The average molecular weight is 373 g/mol. The minimum Gasteiger partial charge on any atom is -0.495 e. The molecule has 0 aliphatic heterocycles. The van der Waals surface area contributed by atoms with Crippen molar-refractivity contribution in [3.05, 3.63) is 83.9 Å². The van der Waals surface area contributed by atoms with Crippen LogP contribution in [0, 0.1) is 6.92 Å². The Bertz CT molecular complexity index is 1030. The summed E-state index contributed by atoms with van der Waals surface area (Å²) in [4.78, 5) is 6.49. The van der Waals surface area contributed by atoms with Gasteiger partial charge < -0.3 is 4.74 Å². The molecule has 4 rings (SSSR count). The molecule has 0 unspecified atom stereocenters. The second-order valence-electron chi connectivity index (χ2n) is 6.16. The number of methoxy groups -OCH3 is 1. The smallest absolute Gasteiger partial charge is 0.246 e. The van der Waals surface area contributed by atoms with Gasteiger partial charge in [0.25, 0.3) is 0 Å². The fourth-order valence-corrected chi connectivity index (χ4v) is 3.54. The lowest BCUT2D eigenvalue weighted by Gasteiger charge is -2.24. The highest BCUT2D eigenvalue weighted by Gasteiger charge is 2.20. The van der Waals surface area contributed by atoms with Crippen molar-refractivity contribution in [1.29, 1.82) is 0 Å². The van der Waals surface area contributed by atoms with Crippen molar-refractivity contribution in [2.24, 2.45) is 0 Å². The topological polar surface area (TPSA) is 38.2 Å². The Morgan fingerprint density at radius 2 is 1.67 bits per heavy atom. The minimum atomic E-state index is 0.633. The summed E-state index contributed by atoms with van der Waals surface area (Å²) in [6, 6.07) is 24.8. The van der Waals surface area contributed by atoms with Gasteiger partial charge in [0.2, 0.25) is 5.95 Å². The first-order chi connectivity index (χ1) is 13.3. The zero-order valence-corrected chi connectivity index (χ0v) is 16.0. The number of hydrogen-bond acceptors (Lipinski definition) is 5. The lowest BCUT2D eigenvalue weighted by atomic mass is 10.0. The summed E-state index contributed by atoms with van der Waals surface area (Å²) in [6.45, 7) is 2.10. The Morgan fingerprint density at radius 1 is 0.889 bits per heavy atom. The van der Waals surface area contributed by atoms with E-state index < -0.39 is 0 Å². The molecule has 1 heterocycles. The zero-order chi connectivity index (χ0) is 18.6. The fourth-order valence-electron chi connectivity index (χ4n) is 3.13. The summed E-state index contributed by atoms with van der Waals surface area (Å²) in [5, 5.41) is 0. The Labute approximate surface area is 162 Å². The number of aryl methyl sites for hydroxylation is 1. The fraction of sp³-hybridized carbons (Fsp3) is 0.0909. The molecule has 1 aromatic heterocycles. The molecule has 4 nitrogen and oxygen atoms in total. The van der Waals surface area contributed by atoms with Crippen LogP contribution in [-0.2, 0) is 0 Å². The van der Waals surface area contributed by atoms with Crippen molar-refractivity contribution in [3.8, 4) is 16.9 Å². The van der Waals surface area contributed by atoms with Crippen LogP contribution in [-0.4, -0.2) is 16.5 Å². The van der Waals surface area contributed by atoms with Crippen molar-refractivity contribution in [1.82, 2.24) is 9.36 Å². The number of aromatic nitrogens is 2. The van der Waals surface area contributed by atoms with E-state index >= 15 is 0 Å². The molecule has 0 N–H and O–H groups in total. The van der Waals surface area contributed by atoms with Gasteiger partial charge in [0, 0.05) is 0 Å². The molecule has 4 aromatic rings. The second kappa shape index (κ2) is 7.60. The Hall–Kier alpha value is -3.18. The third-order valence-corrected chi connectivity index (χ3v) is 4.77. The highest BCUT2D eigenvalue weighted by molar-refractivity contribution is 7.03. The second-order valence-corrected chi connectivity index (χ2v) is 6.77. The summed E-state index contributed by atoms with van der Waals surface area (Å²) in [7, 11) is 1.68. The van der Waals surface area contributed by atoms with Crippen LogP contribution >= 0.6 is 11.5 Å². The number of rotatable bonds is 5. The number of para-hydroxylation sites is 2. The molecule has 0 bridgehead atoms. The maximum absolute atomic E-state index is 5.60. The van der Waals surface area contributed by atoms with E-state index in [1.807, 2.05) is 35.2 Å². The SMILES string of the molecule is COc1ccccc1N(c1cc(C)cc(-c2ccccc2)c1)c1ncsn1. The maximum atomic E-state index is 5.60. The Kier molecular flexibility index (Phi) is 4.85. The van der Waals surface area contributed by atoms with E-state index in [2.05, 4.69) is 58.7 Å². The van der Waals surface area contributed by atoms with Crippen molar-refractivity contribution in [2.45, 2.75) is 6.92 Å². The standard InChI is InChI=1S/C22H19N3OS/c1-16-12-18(17-8-4-3-5-9-17)14-19(13-16)25(22-23-15-27-24-22)20-10-6-7-11-21(20)26-2/h3-15H,1-2H3. The van der Waals surface area contributed by atoms with Gasteiger partial charge in [-0.05, 0) is 59.4 Å². The largest absolute Gasteiger partial charge is 0.495 e. The zero-order valence-electron chi connectivity index (χ0n) is 15.2. The molecule has 134 valence electrons. The molecule has 3 aromatic carbocycles. The highest BCUT2D eigenvalue weighted by Crippen LogP contribution is 2.40. The monoisotopic (exact) mass is 373 g/mol. The third kappa shape index (κ3) is 3.55. The van der Waals surface area contributed by atoms with Crippen molar-refractivity contribution in [3.63, 3.8) is 0 Å². The lowest BCUT2D eigenvalue weighted by molar-refractivity contribution is 0.416. The van der Waals surface area contributed by atoms with E-state index in [-0.39, 0.29) is 0 Å². The van der Waals surface area contributed by atoms with Gasteiger partial charge >= 0.3 is 0 Å². The predicted molar refractivity (Wildman–Crippen MR) is 111 cm³/mol. The van der Waals surface area contributed by atoms with Gasteiger partial charge in [0.1, 0.15) is 11.3 Å². The van der Waals surface area contributed by atoms with Crippen molar-refractivity contribution in [2.75, 3.05) is 12.0 Å². The van der Waals surface area contributed by atoms with Gasteiger partial charge in [-0.25, -0.2) is 4.98 Å². The third-order valence-electron chi connectivity index (χ3n) is 4.30. The molecule has 0 fully saturated rings. The first kappa shape index (κ1) is 17.2. The van der Waals surface area contributed by atoms with Gasteiger partial charge in [-0.15, -0.1) is 0 Å². The van der Waals surface area contributed by atoms with Crippen molar-refractivity contribution < 1.29 is 4.74 Å². The van der Waals surface area contributed by atoms with Crippen LogP contribution in [0.25, 0.3) is 11.1 Å². The molecular weight excluding hydrogens is 354 g/mol. The number of ether oxygens (including phenoxy) is 1. The molecule has 0 spiro atoms. The number of anilines is 3. The molecule has 27 heavy (non-hydrogen) atoms.